The summed E-state index contributed by atoms with van der Waals surface area (Å²) < 4.78 is 43.2. The van der Waals surface area contributed by atoms with Gasteiger partial charge < -0.3 is 9.73 Å². The average molecular weight is 313 g/mol. The molecule has 1 aromatic heterocycles. The van der Waals surface area contributed by atoms with Gasteiger partial charge in [-0.05, 0) is 42.8 Å². The number of furan rings is 1. The van der Waals surface area contributed by atoms with Gasteiger partial charge in [0.15, 0.2) is 0 Å². The number of fused-ring (bicyclic) bond motifs is 1. The van der Waals surface area contributed by atoms with Crippen molar-refractivity contribution in [2.24, 2.45) is 0 Å². The molecule has 0 amide bonds. The topological polar surface area (TPSA) is 25.2 Å². The van der Waals surface area contributed by atoms with E-state index >= 15 is 0 Å². The molecule has 0 saturated carbocycles. The van der Waals surface area contributed by atoms with Gasteiger partial charge in [0.05, 0.1) is 12.3 Å². The Hall–Kier alpha value is -1.56. The zero-order valence-electron chi connectivity index (χ0n) is 11.1. The highest BCUT2D eigenvalue weighted by Gasteiger charge is 2.31. The number of aryl methyl sites for hydroxylation is 1. The van der Waals surface area contributed by atoms with Crippen molar-refractivity contribution in [3.05, 3.63) is 47.9 Å². The third-order valence-corrected chi connectivity index (χ3v) is 4.30. The summed E-state index contributed by atoms with van der Waals surface area (Å²) in [5.41, 5.74) is -2.72. The summed E-state index contributed by atoms with van der Waals surface area (Å²) in [6.07, 6.45) is 4.38. The van der Waals surface area contributed by atoms with Gasteiger partial charge in [0.2, 0.25) is 0 Å². The molecule has 21 heavy (non-hydrogen) atoms. The fraction of sp³-hybridized carbons (Fsp3) is 0.333. The first kappa shape index (κ1) is 14.4. The average Bonchev–Trinajstić information content (AvgIpc) is 2.89. The van der Waals surface area contributed by atoms with Crippen LogP contribution in [-0.2, 0) is 6.42 Å². The third-order valence-electron chi connectivity index (χ3n) is 3.49. The van der Waals surface area contributed by atoms with Crippen molar-refractivity contribution < 1.29 is 17.6 Å². The fourth-order valence-electron chi connectivity index (χ4n) is 2.62. The largest absolute Gasteiger partial charge is 0.469 e. The molecule has 112 valence electrons. The van der Waals surface area contributed by atoms with Crippen LogP contribution in [0.1, 0.15) is 30.2 Å². The highest BCUT2D eigenvalue weighted by atomic mass is 32.2. The van der Waals surface area contributed by atoms with Gasteiger partial charge in [-0.2, -0.15) is 13.2 Å². The molecular formula is C15H14F3NOS. The first-order valence-electron chi connectivity index (χ1n) is 6.70. The molecule has 0 fully saturated rings. The number of alkyl halides is 3. The van der Waals surface area contributed by atoms with Crippen LogP contribution in [0, 0.1) is 0 Å². The smallest absolute Gasteiger partial charge is 0.446 e. The summed E-state index contributed by atoms with van der Waals surface area (Å²) in [7, 11) is 0. The standard InChI is InChI=1S/C15H14F3NOS/c16-15(17,18)21-14-7-2-1-4-12(14)19-11-5-3-6-13-10(11)8-9-20-13/h1-2,4,7-9,11,19H,3,5-6H2. The molecule has 1 aliphatic rings. The molecule has 0 radical (unpaired) electrons. The maximum absolute atomic E-state index is 12.6. The van der Waals surface area contributed by atoms with E-state index in [0.717, 1.165) is 30.6 Å². The Morgan fingerprint density at radius 3 is 2.81 bits per heavy atom. The van der Waals surface area contributed by atoms with Crippen molar-refractivity contribution in [1.82, 2.24) is 0 Å². The molecule has 1 aliphatic carbocycles. The first-order chi connectivity index (χ1) is 10.0. The number of para-hydroxylation sites is 1. The molecule has 0 saturated heterocycles. The Bertz CT molecular complexity index is 623. The lowest BCUT2D eigenvalue weighted by Crippen LogP contribution is -2.16. The molecule has 6 heteroatoms. The molecule has 0 bridgehead atoms. The lowest BCUT2D eigenvalue weighted by atomic mass is 9.93. The van der Waals surface area contributed by atoms with E-state index in [1.807, 2.05) is 6.07 Å². The van der Waals surface area contributed by atoms with Gasteiger partial charge in [-0.3, -0.25) is 0 Å². The van der Waals surface area contributed by atoms with E-state index in [-0.39, 0.29) is 22.7 Å². The van der Waals surface area contributed by atoms with Crippen LogP contribution in [0.3, 0.4) is 0 Å². The number of benzene rings is 1. The first-order valence-corrected chi connectivity index (χ1v) is 7.52. The Labute approximate surface area is 124 Å². The third kappa shape index (κ3) is 3.37. The van der Waals surface area contributed by atoms with E-state index in [9.17, 15) is 13.2 Å². The number of thioether (sulfide) groups is 1. The monoisotopic (exact) mass is 313 g/mol. The van der Waals surface area contributed by atoms with E-state index in [2.05, 4.69) is 5.32 Å². The number of nitrogens with one attached hydrogen (secondary N) is 1. The van der Waals surface area contributed by atoms with Crippen LogP contribution in [0.5, 0.6) is 0 Å². The van der Waals surface area contributed by atoms with Gasteiger partial charge in [-0.15, -0.1) is 0 Å². The number of hydrogen-bond donors (Lipinski definition) is 1. The second kappa shape index (κ2) is 5.67. The van der Waals surface area contributed by atoms with Gasteiger partial charge in [-0.1, -0.05) is 12.1 Å². The van der Waals surface area contributed by atoms with Gasteiger partial charge in [-0.25, -0.2) is 0 Å². The Morgan fingerprint density at radius 2 is 2.00 bits per heavy atom. The Balaban J connectivity index is 1.83. The van der Waals surface area contributed by atoms with Gasteiger partial charge in [0, 0.05) is 22.6 Å². The predicted octanol–water partition coefficient (Wildman–Crippen LogP) is 5.38. The van der Waals surface area contributed by atoms with Crippen LogP contribution in [0.25, 0.3) is 0 Å². The van der Waals surface area contributed by atoms with E-state index in [0.29, 0.717) is 5.69 Å². The maximum Gasteiger partial charge on any atom is 0.446 e. The van der Waals surface area contributed by atoms with Crippen LogP contribution in [0.2, 0.25) is 0 Å². The minimum absolute atomic E-state index is 0.00230. The molecule has 2 aromatic rings. The van der Waals surface area contributed by atoms with E-state index in [1.54, 1.807) is 24.5 Å². The lowest BCUT2D eigenvalue weighted by molar-refractivity contribution is -0.0327. The Kier molecular flexibility index (Phi) is 3.89. The second-order valence-corrected chi connectivity index (χ2v) is 6.04. The number of halogens is 3. The SMILES string of the molecule is FC(F)(F)Sc1ccccc1NC1CCCc2occc21. The quantitative estimate of drug-likeness (QED) is 0.770. The van der Waals surface area contributed by atoms with Crippen molar-refractivity contribution in [2.75, 3.05) is 5.32 Å². The summed E-state index contributed by atoms with van der Waals surface area (Å²) in [5.74, 6) is 0.930. The van der Waals surface area contributed by atoms with Gasteiger partial charge in [0.25, 0.3) is 0 Å². The minimum atomic E-state index is -4.29. The lowest BCUT2D eigenvalue weighted by Gasteiger charge is -2.25. The summed E-state index contributed by atoms with van der Waals surface area (Å²) in [6.45, 7) is 0. The predicted molar refractivity (Wildman–Crippen MR) is 76.4 cm³/mol. The molecule has 1 atom stereocenters. The van der Waals surface area contributed by atoms with Crippen molar-refractivity contribution in [3.63, 3.8) is 0 Å². The number of anilines is 1. The minimum Gasteiger partial charge on any atom is -0.469 e. The molecule has 0 spiro atoms. The van der Waals surface area contributed by atoms with Crippen LogP contribution in [-0.4, -0.2) is 5.51 Å². The van der Waals surface area contributed by atoms with Crippen LogP contribution >= 0.6 is 11.8 Å². The summed E-state index contributed by atoms with van der Waals surface area (Å²) in [4.78, 5) is 0.195. The molecule has 1 heterocycles. The second-order valence-electron chi connectivity index (χ2n) is 4.93. The van der Waals surface area contributed by atoms with Crippen LogP contribution < -0.4 is 5.32 Å². The van der Waals surface area contributed by atoms with Crippen molar-refractivity contribution in [3.8, 4) is 0 Å². The molecule has 0 aliphatic heterocycles. The van der Waals surface area contributed by atoms with Crippen LogP contribution in [0.4, 0.5) is 18.9 Å². The Morgan fingerprint density at radius 1 is 1.19 bits per heavy atom. The number of hydrogen-bond acceptors (Lipinski definition) is 3. The van der Waals surface area contributed by atoms with Crippen molar-refractivity contribution >= 4 is 17.4 Å². The van der Waals surface area contributed by atoms with E-state index in [1.165, 1.54) is 6.07 Å². The van der Waals surface area contributed by atoms with Crippen LogP contribution in [0.15, 0.2) is 45.9 Å². The summed E-state index contributed by atoms with van der Waals surface area (Å²) in [6, 6.07) is 8.42. The zero-order valence-corrected chi connectivity index (χ0v) is 11.9. The summed E-state index contributed by atoms with van der Waals surface area (Å²) in [5, 5.41) is 3.23. The van der Waals surface area contributed by atoms with Crippen molar-refractivity contribution in [1.29, 1.82) is 0 Å². The normalized spacial score (nSPS) is 18.3. The van der Waals surface area contributed by atoms with Crippen molar-refractivity contribution in [2.45, 2.75) is 35.7 Å². The molecule has 1 N–H and O–H groups in total. The number of rotatable bonds is 3. The van der Waals surface area contributed by atoms with Gasteiger partial charge >= 0.3 is 5.51 Å². The molecular weight excluding hydrogens is 299 g/mol. The zero-order chi connectivity index (χ0) is 14.9. The molecule has 3 rings (SSSR count). The molecule has 2 nitrogen and oxygen atoms in total. The summed E-state index contributed by atoms with van der Waals surface area (Å²) >= 11 is -0.0866. The molecule has 1 aromatic carbocycles. The van der Waals surface area contributed by atoms with E-state index < -0.39 is 5.51 Å². The van der Waals surface area contributed by atoms with E-state index in [4.69, 9.17) is 4.42 Å². The highest BCUT2D eigenvalue weighted by Crippen LogP contribution is 2.42. The van der Waals surface area contributed by atoms with Gasteiger partial charge in [0.1, 0.15) is 5.76 Å². The fourth-order valence-corrected chi connectivity index (χ4v) is 3.26. The highest BCUT2D eigenvalue weighted by molar-refractivity contribution is 8.00. The molecule has 1 unspecified atom stereocenters. The maximum atomic E-state index is 12.6.